The molecule has 2 aromatic rings. The van der Waals surface area contributed by atoms with E-state index in [1.54, 1.807) is 18.3 Å². The summed E-state index contributed by atoms with van der Waals surface area (Å²) in [6.45, 7) is 3.90. The number of nitrogens with one attached hydrogen (secondary N) is 1. The van der Waals surface area contributed by atoms with Crippen molar-refractivity contribution >= 4 is 5.91 Å². The van der Waals surface area contributed by atoms with Gasteiger partial charge in [0.1, 0.15) is 6.54 Å². The second-order valence-corrected chi connectivity index (χ2v) is 5.11. The largest absolute Gasteiger partial charge is 0.352 e. The second-order valence-electron chi connectivity index (χ2n) is 5.11. The summed E-state index contributed by atoms with van der Waals surface area (Å²) in [6.07, 6.45) is 2.27. The number of pyridine rings is 2. The fraction of sp³-hybridized carbons (Fsp3) is 0.312. The first-order valence-electron chi connectivity index (χ1n) is 6.92. The summed E-state index contributed by atoms with van der Waals surface area (Å²) in [4.78, 5) is 27.9. The van der Waals surface area contributed by atoms with Crippen LogP contribution in [0.5, 0.6) is 0 Å². The van der Waals surface area contributed by atoms with Crippen LogP contribution in [0.1, 0.15) is 18.3 Å². The van der Waals surface area contributed by atoms with Gasteiger partial charge < -0.3 is 9.88 Å². The average molecular weight is 285 g/mol. The number of carbonyl (C=O) groups excluding carboxylic acids is 1. The molecule has 0 fully saturated rings. The third kappa shape index (κ3) is 4.56. The third-order valence-corrected chi connectivity index (χ3v) is 3.08. The molecule has 1 N–H and O–H groups in total. The van der Waals surface area contributed by atoms with Gasteiger partial charge in [0, 0.05) is 36.1 Å². The van der Waals surface area contributed by atoms with Gasteiger partial charge in [0.05, 0.1) is 0 Å². The Morgan fingerprint density at radius 2 is 2.10 bits per heavy atom. The SMILES string of the molecule is Cc1cccc(C[C@H](C)NC(=O)Cn2ccccc2=O)n1. The maximum Gasteiger partial charge on any atom is 0.250 e. The van der Waals surface area contributed by atoms with Crippen LogP contribution in [0.15, 0.2) is 47.4 Å². The number of hydrogen-bond donors (Lipinski definition) is 1. The van der Waals surface area contributed by atoms with E-state index < -0.39 is 0 Å². The molecule has 5 nitrogen and oxygen atoms in total. The molecule has 5 heteroatoms. The summed E-state index contributed by atoms with van der Waals surface area (Å²) in [6, 6.07) is 10.6. The van der Waals surface area contributed by atoms with Crippen LogP contribution in [0.25, 0.3) is 0 Å². The van der Waals surface area contributed by atoms with E-state index in [2.05, 4.69) is 10.3 Å². The molecule has 2 aromatic heterocycles. The zero-order valence-corrected chi connectivity index (χ0v) is 12.2. The zero-order valence-electron chi connectivity index (χ0n) is 12.2. The molecular formula is C16H19N3O2. The van der Waals surface area contributed by atoms with E-state index in [1.807, 2.05) is 32.0 Å². The first kappa shape index (κ1) is 15.0. The first-order chi connectivity index (χ1) is 10.0. The van der Waals surface area contributed by atoms with E-state index in [1.165, 1.54) is 10.6 Å². The normalized spacial score (nSPS) is 11.9. The number of carbonyl (C=O) groups is 1. The Morgan fingerprint density at radius 3 is 2.81 bits per heavy atom. The smallest absolute Gasteiger partial charge is 0.250 e. The van der Waals surface area contributed by atoms with Crippen LogP contribution in [-0.2, 0) is 17.8 Å². The summed E-state index contributed by atoms with van der Waals surface area (Å²) in [5.74, 6) is -0.177. The van der Waals surface area contributed by atoms with E-state index >= 15 is 0 Å². The molecule has 0 radical (unpaired) electrons. The highest BCUT2D eigenvalue weighted by Crippen LogP contribution is 2.02. The van der Waals surface area contributed by atoms with Gasteiger partial charge in [-0.2, -0.15) is 0 Å². The third-order valence-electron chi connectivity index (χ3n) is 3.08. The topological polar surface area (TPSA) is 64.0 Å². The van der Waals surface area contributed by atoms with Crippen LogP contribution in [0.3, 0.4) is 0 Å². The van der Waals surface area contributed by atoms with Gasteiger partial charge >= 0.3 is 0 Å². The van der Waals surface area contributed by atoms with Crippen molar-refractivity contribution in [2.75, 3.05) is 0 Å². The molecule has 1 amide bonds. The van der Waals surface area contributed by atoms with Crippen LogP contribution in [0.2, 0.25) is 0 Å². The van der Waals surface area contributed by atoms with E-state index in [-0.39, 0.29) is 24.1 Å². The van der Waals surface area contributed by atoms with Gasteiger partial charge in [-0.15, -0.1) is 0 Å². The monoisotopic (exact) mass is 285 g/mol. The molecule has 0 saturated carbocycles. The molecule has 110 valence electrons. The molecule has 0 spiro atoms. The minimum atomic E-state index is -0.180. The minimum Gasteiger partial charge on any atom is -0.352 e. The van der Waals surface area contributed by atoms with Crippen LogP contribution in [0, 0.1) is 6.92 Å². The maximum atomic E-state index is 11.9. The van der Waals surface area contributed by atoms with E-state index in [0.29, 0.717) is 6.42 Å². The molecule has 1 atom stereocenters. The Kier molecular flexibility index (Phi) is 4.87. The van der Waals surface area contributed by atoms with Crippen molar-refractivity contribution < 1.29 is 4.79 Å². The van der Waals surface area contributed by atoms with Crippen molar-refractivity contribution in [2.45, 2.75) is 32.9 Å². The molecule has 0 bridgehead atoms. The number of aromatic nitrogens is 2. The Hall–Kier alpha value is -2.43. The first-order valence-corrected chi connectivity index (χ1v) is 6.92. The zero-order chi connectivity index (χ0) is 15.2. The van der Waals surface area contributed by atoms with Gasteiger partial charge in [-0.3, -0.25) is 14.6 Å². The number of hydrogen-bond acceptors (Lipinski definition) is 3. The molecule has 0 aliphatic heterocycles. The number of rotatable bonds is 5. The van der Waals surface area contributed by atoms with Gasteiger partial charge in [-0.1, -0.05) is 12.1 Å². The van der Waals surface area contributed by atoms with Gasteiger partial charge in [0.2, 0.25) is 5.91 Å². The highest BCUT2D eigenvalue weighted by molar-refractivity contribution is 5.76. The van der Waals surface area contributed by atoms with E-state index in [0.717, 1.165) is 11.4 Å². The molecular weight excluding hydrogens is 266 g/mol. The summed E-state index contributed by atoms with van der Waals surface area (Å²) < 4.78 is 1.38. The van der Waals surface area contributed by atoms with Gasteiger partial charge in [0.15, 0.2) is 0 Å². The van der Waals surface area contributed by atoms with Crippen molar-refractivity contribution in [3.05, 3.63) is 64.3 Å². The molecule has 0 saturated heterocycles. The average Bonchev–Trinajstić information content (AvgIpc) is 2.41. The summed E-state index contributed by atoms with van der Waals surface area (Å²) in [7, 11) is 0. The van der Waals surface area contributed by atoms with Crippen LogP contribution >= 0.6 is 0 Å². The number of nitrogens with zero attached hydrogens (tertiary/aromatic N) is 2. The number of amides is 1. The predicted molar refractivity (Wildman–Crippen MR) is 81.0 cm³/mol. The van der Waals surface area contributed by atoms with Crippen LogP contribution in [-0.4, -0.2) is 21.5 Å². The minimum absolute atomic E-state index is 0.0330. The maximum absolute atomic E-state index is 11.9. The van der Waals surface area contributed by atoms with E-state index in [4.69, 9.17) is 0 Å². The lowest BCUT2D eigenvalue weighted by Gasteiger charge is -2.14. The van der Waals surface area contributed by atoms with Crippen molar-refractivity contribution in [2.24, 2.45) is 0 Å². The Morgan fingerprint density at radius 1 is 1.29 bits per heavy atom. The number of aryl methyl sites for hydroxylation is 1. The molecule has 2 rings (SSSR count). The molecule has 0 unspecified atom stereocenters. The summed E-state index contributed by atoms with van der Waals surface area (Å²) in [5, 5.41) is 2.88. The molecule has 2 heterocycles. The van der Waals surface area contributed by atoms with Gasteiger partial charge in [0.25, 0.3) is 5.56 Å². The summed E-state index contributed by atoms with van der Waals surface area (Å²) >= 11 is 0. The standard InChI is InChI=1S/C16H19N3O2/c1-12-6-5-7-14(17-12)10-13(2)18-15(20)11-19-9-4-3-8-16(19)21/h3-9,13H,10-11H2,1-2H3,(H,18,20)/t13-/m0/s1. The lowest BCUT2D eigenvalue weighted by Crippen LogP contribution is -2.38. The fourth-order valence-corrected chi connectivity index (χ4v) is 2.14. The fourth-order valence-electron chi connectivity index (χ4n) is 2.14. The van der Waals surface area contributed by atoms with Crippen molar-refractivity contribution in [3.8, 4) is 0 Å². The molecule has 0 aromatic carbocycles. The van der Waals surface area contributed by atoms with Crippen LogP contribution in [0.4, 0.5) is 0 Å². The van der Waals surface area contributed by atoms with Crippen molar-refractivity contribution in [1.82, 2.24) is 14.9 Å². The highest BCUT2D eigenvalue weighted by atomic mass is 16.2. The Balaban J connectivity index is 1.90. The second kappa shape index (κ2) is 6.83. The molecule has 21 heavy (non-hydrogen) atoms. The lowest BCUT2D eigenvalue weighted by atomic mass is 10.1. The highest BCUT2D eigenvalue weighted by Gasteiger charge is 2.10. The van der Waals surface area contributed by atoms with Crippen molar-refractivity contribution in [3.63, 3.8) is 0 Å². The Bertz CT molecular complexity index is 679. The summed E-state index contributed by atoms with van der Waals surface area (Å²) in [5.41, 5.74) is 1.72. The Labute approximate surface area is 123 Å². The van der Waals surface area contributed by atoms with Crippen molar-refractivity contribution in [1.29, 1.82) is 0 Å². The van der Waals surface area contributed by atoms with Gasteiger partial charge in [-0.25, -0.2) is 0 Å². The molecule has 0 aliphatic carbocycles. The van der Waals surface area contributed by atoms with E-state index in [9.17, 15) is 9.59 Å². The van der Waals surface area contributed by atoms with Crippen LogP contribution < -0.4 is 10.9 Å². The predicted octanol–water partition coefficient (Wildman–Crippen LogP) is 1.30. The van der Waals surface area contributed by atoms with Gasteiger partial charge in [-0.05, 0) is 32.0 Å². The lowest BCUT2D eigenvalue weighted by molar-refractivity contribution is -0.122. The quantitative estimate of drug-likeness (QED) is 0.900. The molecule has 0 aliphatic rings.